The van der Waals surface area contributed by atoms with E-state index >= 15 is 0 Å². The second kappa shape index (κ2) is 4.75. The summed E-state index contributed by atoms with van der Waals surface area (Å²) in [4.78, 5) is 0. The molecule has 0 aromatic heterocycles. The van der Waals surface area contributed by atoms with E-state index in [-0.39, 0.29) is 5.41 Å². The molecule has 3 nitrogen and oxygen atoms in total. The van der Waals surface area contributed by atoms with Gasteiger partial charge in [0.25, 0.3) is 0 Å². The topological polar surface area (TPSA) is 36.1 Å². The molecule has 0 saturated heterocycles. The van der Waals surface area contributed by atoms with Crippen LogP contribution in [0.25, 0.3) is 0 Å². The van der Waals surface area contributed by atoms with Gasteiger partial charge in [0.1, 0.15) is 0 Å². The molecule has 1 saturated carbocycles. The Hall–Kier alpha value is 0.0969. The monoisotopic (exact) mass is 215 g/mol. The van der Waals surface area contributed by atoms with E-state index in [0.717, 1.165) is 10.2 Å². The van der Waals surface area contributed by atoms with Gasteiger partial charge in [-0.2, -0.15) is 0 Å². The zero-order valence-corrected chi connectivity index (χ0v) is 12.0. The molecule has 1 aliphatic carbocycles. The van der Waals surface area contributed by atoms with Gasteiger partial charge in [0, 0.05) is 5.54 Å². The lowest BCUT2D eigenvalue weighted by Crippen LogP contribution is -2.70. The highest BCUT2D eigenvalue weighted by atomic mass is 28.1. The Morgan fingerprint density at radius 2 is 1.71 bits per heavy atom. The maximum absolute atomic E-state index is 3.79. The van der Waals surface area contributed by atoms with Crippen molar-refractivity contribution in [3.63, 3.8) is 0 Å². The van der Waals surface area contributed by atoms with Gasteiger partial charge in [-0.1, -0.05) is 19.8 Å². The SMILES string of the molecule is CCC1(NC([SiH3])(NC)NC)CCCC1. The van der Waals surface area contributed by atoms with Gasteiger partial charge in [-0.25, -0.2) is 0 Å². The highest BCUT2D eigenvalue weighted by Crippen LogP contribution is 2.33. The Morgan fingerprint density at radius 1 is 1.21 bits per heavy atom. The summed E-state index contributed by atoms with van der Waals surface area (Å²) in [5.74, 6) is 0. The van der Waals surface area contributed by atoms with Crippen molar-refractivity contribution in [2.45, 2.75) is 50.0 Å². The first-order chi connectivity index (χ1) is 6.60. The van der Waals surface area contributed by atoms with E-state index in [0.29, 0.717) is 5.54 Å². The average Bonchev–Trinajstić information content (AvgIpc) is 2.67. The first-order valence-corrected chi connectivity index (χ1v) is 6.77. The van der Waals surface area contributed by atoms with Crippen LogP contribution in [0, 0.1) is 0 Å². The summed E-state index contributed by atoms with van der Waals surface area (Å²) in [7, 11) is 5.10. The van der Waals surface area contributed by atoms with Gasteiger partial charge < -0.3 is 0 Å². The summed E-state index contributed by atoms with van der Waals surface area (Å²) in [6.07, 6.45) is 6.66. The molecule has 0 radical (unpaired) electrons. The fourth-order valence-electron chi connectivity index (χ4n) is 2.40. The fourth-order valence-corrected chi connectivity index (χ4v) is 2.93. The Balaban J connectivity index is 2.63. The van der Waals surface area contributed by atoms with Crippen LogP contribution >= 0.6 is 0 Å². The zero-order valence-electron chi connectivity index (χ0n) is 10.0. The van der Waals surface area contributed by atoms with Crippen LogP contribution in [0.3, 0.4) is 0 Å². The molecule has 14 heavy (non-hydrogen) atoms. The maximum Gasteiger partial charge on any atom is 0.0970 e. The van der Waals surface area contributed by atoms with E-state index in [9.17, 15) is 0 Å². The van der Waals surface area contributed by atoms with E-state index in [1.54, 1.807) is 0 Å². The molecular weight excluding hydrogens is 190 g/mol. The molecule has 4 heteroatoms. The number of hydrogen-bond donors (Lipinski definition) is 3. The van der Waals surface area contributed by atoms with Gasteiger partial charge in [0.05, 0.1) is 15.7 Å². The number of rotatable bonds is 5. The lowest BCUT2D eigenvalue weighted by Gasteiger charge is -2.41. The zero-order chi connectivity index (χ0) is 10.7. The first-order valence-electron chi connectivity index (χ1n) is 5.77. The molecule has 1 fully saturated rings. The highest BCUT2D eigenvalue weighted by molar-refractivity contribution is 6.14. The lowest BCUT2D eigenvalue weighted by molar-refractivity contribution is 0.212. The minimum absolute atomic E-state index is 0.000347. The third-order valence-corrected chi connectivity index (χ3v) is 5.00. The molecule has 0 heterocycles. The second-order valence-corrected chi connectivity index (χ2v) is 6.09. The third-order valence-electron chi connectivity index (χ3n) is 3.75. The van der Waals surface area contributed by atoms with Crippen LogP contribution in [0.2, 0.25) is 0 Å². The van der Waals surface area contributed by atoms with Crippen LogP contribution in [0.15, 0.2) is 0 Å². The predicted molar refractivity (Wildman–Crippen MR) is 65.4 cm³/mol. The lowest BCUT2D eigenvalue weighted by atomic mass is 9.94. The second-order valence-electron chi connectivity index (χ2n) is 4.59. The van der Waals surface area contributed by atoms with E-state index in [1.165, 1.54) is 32.1 Å². The van der Waals surface area contributed by atoms with Gasteiger partial charge in [0.15, 0.2) is 0 Å². The van der Waals surface area contributed by atoms with Gasteiger partial charge in [-0.15, -0.1) is 0 Å². The Labute approximate surface area is 90.8 Å². The first kappa shape index (κ1) is 12.2. The van der Waals surface area contributed by atoms with Crippen molar-refractivity contribution in [1.29, 1.82) is 0 Å². The van der Waals surface area contributed by atoms with Crippen LogP contribution in [-0.2, 0) is 0 Å². The molecule has 3 N–H and O–H groups in total. The average molecular weight is 215 g/mol. The Morgan fingerprint density at radius 3 is 2.07 bits per heavy atom. The van der Waals surface area contributed by atoms with Crippen molar-refractivity contribution >= 4 is 10.2 Å². The minimum Gasteiger partial charge on any atom is -0.294 e. The Bertz CT molecular complexity index is 174. The van der Waals surface area contributed by atoms with Crippen molar-refractivity contribution in [3.8, 4) is 0 Å². The van der Waals surface area contributed by atoms with E-state index < -0.39 is 0 Å². The predicted octanol–water partition coefficient (Wildman–Crippen LogP) is -0.286. The molecule has 0 aromatic rings. The summed E-state index contributed by atoms with van der Waals surface area (Å²) in [5, 5.41) is 10.5. The number of hydrogen-bond acceptors (Lipinski definition) is 3. The standard InChI is InChI=1S/C10H25N3Si/c1-4-9(7-5-6-8-9)13-10(14,11-2)12-3/h11-13H,4-8H2,1-3,14H3. The number of nitrogens with one attached hydrogen (secondary N) is 3. The van der Waals surface area contributed by atoms with Crippen molar-refractivity contribution in [1.82, 2.24) is 16.0 Å². The van der Waals surface area contributed by atoms with Crippen LogP contribution in [0.5, 0.6) is 0 Å². The Kier molecular flexibility index (Phi) is 4.12. The van der Waals surface area contributed by atoms with Gasteiger partial charge >= 0.3 is 0 Å². The van der Waals surface area contributed by atoms with Crippen molar-refractivity contribution in [3.05, 3.63) is 0 Å². The smallest absolute Gasteiger partial charge is 0.0970 e. The molecule has 1 rings (SSSR count). The van der Waals surface area contributed by atoms with Crippen molar-refractivity contribution < 1.29 is 0 Å². The third kappa shape index (κ3) is 2.57. The molecule has 0 aliphatic heterocycles. The van der Waals surface area contributed by atoms with Crippen molar-refractivity contribution in [2.24, 2.45) is 0 Å². The molecule has 0 spiro atoms. The normalized spacial score (nSPS) is 21.6. The largest absolute Gasteiger partial charge is 0.294 e. The molecular formula is C10H25N3Si. The van der Waals surface area contributed by atoms with Crippen LogP contribution in [-0.4, -0.2) is 35.3 Å². The highest BCUT2D eigenvalue weighted by Gasteiger charge is 2.36. The minimum atomic E-state index is 0.000347. The summed E-state index contributed by atoms with van der Waals surface area (Å²) in [6.45, 7) is 2.30. The van der Waals surface area contributed by atoms with Crippen LogP contribution in [0.1, 0.15) is 39.0 Å². The van der Waals surface area contributed by atoms with Crippen molar-refractivity contribution in [2.75, 3.05) is 14.1 Å². The summed E-state index contributed by atoms with van der Waals surface area (Å²) in [6, 6.07) is 0. The van der Waals surface area contributed by atoms with E-state index in [2.05, 4.69) is 22.9 Å². The summed E-state index contributed by atoms with van der Waals surface area (Å²) in [5.41, 5.74) is 0.383. The molecule has 0 unspecified atom stereocenters. The van der Waals surface area contributed by atoms with Crippen LogP contribution in [0.4, 0.5) is 0 Å². The van der Waals surface area contributed by atoms with Crippen LogP contribution < -0.4 is 16.0 Å². The molecule has 0 aromatic carbocycles. The van der Waals surface area contributed by atoms with E-state index in [4.69, 9.17) is 0 Å². The van der Waals surface area contributed by atoms with E-state index in [1.807, 2.05) is 14.1 Å². The molecule has 1 aliphatic rings. The molecule has 0 bridgehead atoms. The van der Waals surface area contributed by atoms with Gasteiger partial charge in [-0.3, -0.25) is 16.0 Å². The summed E-state index contributed by atoms with van der Waals surface area (Å²) >= 11 is 0. The van der Waals surface area contributed by atoms with Gasteiger partial charge in [-0.05, 0) is 33.4 Å². The molecule has 84 valence electrons. The fraction of sp³-hybridized carbons (Fsp3) is 1.00. The molecule has 0 amide bonds. The quantitative estimate of drug-likeness (QED) is 0.436. The molecule has 0 atom stereocenters. The van der Waals surface area contributed by atoms with Gasteiger partial charge in [0.2, 0.25) is 0 Å². The maximum atomic E-state index is 3.79. The summed E-state index contributed by atoms with van der Waals surface area (Å²) < 4.78 is 0.